The molecule has 0 unspecified atom stereocenters. The molecule has 5 rings (SSSR count). The molecule has 0 aromatic heterocycles. The lowest BCUT2D eigenvalue weighted by Gasteiger charge is -2.16. The maximum Gasteiger partial charge on any atom is 0.335 e. The summed E-state index contributed by atoms with van der Waals surface area (Å²) in [5.41, 5.74) is 4.05. The summed E-state index contributed by atoms with van der Waals surface area (Å²) >= 11 is 1.24. The molecule has 1 aliphatic rings. The van der Waals surface area contributed by atoms with Crippen LogP contribution in [0.4, 0.5) is 11.4 Å². The number of carboxylic acids is 1. The van der Waals surface area contributed by atoms with E-state index in [1.807, 2.05) is 73.7 Å². The van der Waals surface area contributed by atoms with Gasteiger partial charge in [-0.3, -0.25) is 14.5 Å². The number of carbonyl (C=O) groups excluding carboxylic acids is 2. The van der Waals surface area contributed by atoms with Gasteiger partial charge in [0.05, 0.1) is 22.7 Å². The smallest absolute Gasteiger partial charge is 0.335 e. The number of rotatable bonds is 9. The van der Waals surface area contributed by atoms with Gasteiger partial charge in [0.2, 0.25) is 0 Å². The van der Waals surface area contributed by atoms with Crippen molar-refractivity contribution < 1.29 is 24.2 Å². The molecule has 0 saturated carbocycles. The zero-order valence-corrected chi connectivity index (χ0v) is 23.5. The summed E-state index contributed by atoms with van der Waals surface area (Å²) in [4.78, 5) is 44.1. The quantitative estimate of drug-likeness (QED) is 0.220. The third-order valence-corrected chi connectivity index (χ3v) is 7.32. The van der Waals surface area contributed by atoms with E-state index < -0.39 is 5.97 Å². The molecule has 1 heterocycles. The van der Waals surface area contributed by atoms with Crippen LogP contribution in [0.15, 0.2) is 113 Å². The number of nitrogens with one attached hydrogen (secondary N) is 1. The van der Waals surface area contributed by atoms with E-state index in [-0.39, 0.29) is 30.5 Å². The molecule has 2 amide bonds. The molecular weight excluding hydrogens is 550 g/mol. The molecule has 1 saturated heterocycles. The molecule has 4 aromatic carbocycles. The number of amidine groups is 1. The predicted octanol–water partition coefficient (Wildman–Crippen LogP) is 6.51. The Hall–Kier alpha value is -5.15. The highest BCUT2D eigenvalue weighted by molar-refractivity contribution is 8.18. The van der Waals surface area contributed by atoms with Crippen molar-refractivity contribution in [3.63, 3.8) is 0 Å². The van der Waals surface area contributed by atoms with Crippen molar-refractivity contribution in [2.45, 2.75) is 13.5 Å². The van der Waals surface area contributed by atoms with Crippen LogP contribution in [0.3, 0.4) is 0 Å². The summed E-state index contributed by atoms with van der Waals surface area (Å²) in [6.07, 6.45) is 1.73. The van der Waals surface area contributed by atoms with Crippen molar-refractivity contribution in [1.82, 2.24) is 4.90 Å². The second kappa shape index (κ2) is 13.0. The first-order chi connectivity index (χ1) is 20.4. The van der Waals surface area contributed by atoms with Crippen LogP contribution in [-0.2, 0) is 16.1 Å². The summed E-state index contributed by atoms with van der Waals surface area (Å²) in [6.45, 7) is 1.99. The first-order valence-corrected chi connectivity index (χ1v) is 13.9. The average Bonchev–Trinajstić information content (AvgIpc) is 3.27. The first kappa shape index (κ1) is 28.4. The number of carboxylic acid groups (broad SMARTS) is 1. The predicted molar refractivity (Wildman–Crippen MR) is 165 cm³/mol. The minimum Gasteiger partial charge on any atom is -0.483 e. The van der Waals surface area contributed by atoms with Crippen LogP contribution in [0.2, 0.25) is 0 Å². The lowest BCUT2D eigenvalue weighted by Crippen LogP contribution is -2.28. The number of para-hydroxylation sites is 2. The average molecular weight is 578 g/mol. The SMILES string of the molecule is Cc1ccc(NC(=O)COc2ccccc2/C=C2\SC(=Nc3ccccc3)N(Cc3ccc(C(=O)O)cc3)C2=O)cc1. The number of aryl methyl sites for hydroxylation is 1. The lowest BCUT2D eigenvalue weighted by atomic mass is 10.1. The Kier molecular flexibility index (Phi) is 8.79. The van der Waals surface area contributed by atoms with E-state index in [2.05, 4.69) is 5.32 Å². The van der Waals surface area contributed by atoms with Gasteiger partial charge in [0, 0.05) is 11.3 Å². The third-order valence-electron chi connectivity index (χ3n) is 6.31. The van der Waals surface area contributed by atoms with Crippen molar-refractivity contribution in [2.75, 3.05) is 11.9 Å². The summed E-state index contributed by atoms with van der Waals surface area (Å²) in [7, 11) is 0. The highest BCUT2D eigenvalue weighted by Crippen LogP contribution is 2.36. The van der Waals surface area contributed by atoms with Gasteiger partial charge < -0.3 is 15.2 Å². The van der Waals surface area contributed by atoms with E-state index in [1.165, 1.54) is 23.9 Å². The molecule has 8 nitrogen and oxygen atoms in total. The summed E-state index contributed by atoms with van der Waals surface area (Å²) in [5, 5.41) is 12.5. The zero-order chi connectivity index (χ0) is 29.5. The van der Waals surface area contributed by atoms with E-state index in [0.29, 0.717) is 32.8 Å². The summed E-state index contributed by atoms with van der Waals surface area (Å²) in [6, 6.07) is 30.4. The molecule has 0 spiro atoms. The number of nitrogens with zero attached hydrogens (tertiary/aromatic N) is 2. The Balaban J connectivity index is 1.37. The maximum atomic E-state index is 13.7. The molecule has 1 aliphatic heterocycles. The molecule has 210 valence electrons. The van der Waals surface area contributed by atoms with E-state index in [0.717, 1.165) is 11.1 Å². The van der Waals surface area contributed by atoms with Crippen molar-refractivity contribution in [2.24, 2.45) is 4.99 Å². The molecular formula is C33H27N3O5S. The molecule has 0 atom stereocenters. The fraction of sp³-hybridized carbons (Fsp3) is 0.0909. The van der Waals surface area contributed by atoms with Gasteiger partial charge >= 0.3 is 5.97 Å². The third kappa shape index (κ3) is 7.13. The van der Waals surface area contributed by atoms with Gasteiger partial charge in [-0.2, -0.15) is 0 Å². The summed E-state index contributed by atoms with van der Waals surface area (Å²) in [5.74, 6) is -1.10. The number of amides is 2. The van der Waals surface area contributed by atoms with Crippen LogP contribution >= 0.6 is 11.8 Å². The number of carbonyl (C=O) groups is 3. The Morgan fingerprint density at radius 3 is 2.33 bits per heavy atom. The largest absolute Gasteiger partial charge is 0.483 e. The maximum absolute atomic E-state index is 13.7. The van der Waals surface area contributed by atoms with Crippen LogP contribution in [0.1, 0.15) is 27.0 Å². The number of hydrogen-bond acceptors (Lipinski definition) is 6. The first-order valence-electron chi connectivity index (χ1n) is 13.1. The molecule has 1 fully saturated rings. The van der Waals surface area contributed by atoms with E-state index in [4.69, 9.17) is 9.73 Å². The molecule has 2 N–H and O–H groups in total. The minimum atomic E-state index is -1.01. The topological polar surface area (TPSA) is 108 Å². The lowest BCUT2D eigenvalue weighted by molar-refractivity contribution is -0.122. The molecule has 0 bridgehead atoms. The Labute approximate surface area is 247 Å². The van der Waals surface area contributed by atoms with Crippen molar-refractivity contribution in [1.29, 1.82) is 0 Å². The second-order valence-corrected chi connectivity index (χ2v) is 10.5. The highest BCUT2D eigenvalue weighted by atomic mass is 32.2. The van der Waals surface area contributed by atoms with Crippen LogP contribution in [-0.4, -0.2) is 39.6 Å². The van der Waals surface area contributed by atoms with E-state index >= 15 is 0 Å². The van der Waals surface area contributed by atoms with Gasteiger partial charge in [-0.1, -0.05) is 66.2 Å². The van der Waals surface area contributed by atoms with Crippen LogP contribution < -0.4 is 10.1 Å². The van der Waals surface area contributed by atoms with E-state index in [9.17, 15) is 19.5 Å². The zero-order valence-electron chi connectivity index (χ0n) is 22.7. The van der Waals surface area contributed by atoms with Gasteiger partial charge in [0.25, 0.3) is 11.8 Å². The number of hydrogen-bond donors (Lipinski definition) is 2. The van der Waals surface area contributed by atoms with Crippen molar-refractivity contribution >= 4 is 52.2 Å². The number of ether oxygens (including phenoxy) is 1. The molecule has 4 aromatic rings. The standard InChI is InChI=1S/C33H27N3O5S/c1-22-11-17-27(18-12-22)34-30(37)21-41-28-10-6-5-7-25(28)19-29-31(38)36(20-23-13-15-24(16-14-23)32(39)40)33(42-29)35-26-8-3-2-4-9-26/h2-19H,20-21H2,1H3,(H,34,37)(H,39,40)/b29-19-,35-33?. The summed E-state index contributed by atoms with van der Waals surface area (Å²) < 4.78 is 5.85. The Bertz CT molecular complexity index is 1670. The molecule has 0 radical (unpaired) electrons. The second-order valence-electron chi connectivity index (χ2n) is 9.47. The number of aliphatic imine (C=N–C) groups is 1. The van der Waals surface area contributed by atoms with Crippen LogP contribution in [0.5, 0.6) is 5.75 Å². The Morgan fingerprint density at radius 2 is 1.62 bits per heavy atom. The normalized spacial score (nSPS) is 14.8. The molecule has 9 heteroatoms. The molecule has 42 heavy (non-hydrogen) atoms. The van der Waals surface area contributed by atoms with Gasteiger partial charge in [0.1, 0.15) is 5.75 Å². The number of benzene rings is 4. The van der Waals surface area contributed by atoms with Gasteiger partial charge in [-0.15, -0.1) is 0 Å². The fourth-order valence-electron chi connectivity index (χ4n) is 4.13. The fourth-order valence-corrected chi connectivity index (χ4v) is 5.12. The van der Waals surface area contributed by atoms with Crippen LogP contribution in [0, 0.1) is 6.92 Å². The van der Waals surface area contributed by atoms with Crippen molar-refractivity contribution in [3.05, 3.63) is 130 Å². The van der Waals surface area contributed by atoms with Crippen LogP contribution in [0.25, 0.3) is 6.08 Å². The molecule has 0 aliphatic carbocycles. The Morgan fingerprint density at radius 1 is 0.929 bits per heavy atom. The van der Waals surface area contributed by atoms with Gasteiger partial charge in [-0.25, -0.2) is 9.79 Å². The van der Waals surface area contributed by atoms with Gasteiger partial charge in [0.15, 0.2) is 11.8 Å². The minimum absolute atomic E-state index is 0.170. The van der Waals surface area contributed by atoms with Crippen molar-refractivity contribution in [3.8, 4) is 5.75 Å². The number of anilines is 1. The van der Waals surface area contributed by atoms with Gasteiger partial charge in [-0.05, 0) is 72.8 Å². The van der Waals surface area contributed by atoms with E-state index in [1.54, 1.807) is 35.2 Å². The number of aromatic carboxylic acids is 1. The highest BCUT2D eigenvalue weighted by Gasteiger charge is 2.33. The number of thioether (sulfide) groups is 1. The monoisotopic (exact) mass is 577 g/mol.